The lowest BCUT2D eigenvalue weighted by molar-refractivity contribution is -0.116. The van der Waals surface area contributed by atoms with E-state index in [0.29, 0.717) is 30.2 Å². The molecule has 4 rings (SSSR count). The van der Waals surface area contributed by atoms with E-state index in [2.05, 4.69) is 20.9 Å². The molecule has 2 aliphatic rings. The van der Waals surface area contributed by atoms with Crippen LogP contribution < -0.4 is 25.4 Å². The molecule has 0 aromatic heterocycles. The van der Waals surface area contributed by atoms with E-state index in [1.54, 1.807) is 12.1 Å². The second-order valence-corrected chi connectivity index (χ2v) is 7.45. The minimum Gasteiger partial charge on any atom is -0.454 e. The molecule has 2 aromatic rings. The summed E-state index contributed by atoms with van der Waals surface area (Å²) < 4.78 is 10.6. The number of nitrogens with one attached hydrogen (secondary N) is 3. The number of urea groups is 1. The molecule has 1 saturated heterocycles. The molecule has 30 heavy (non-hydrogen) atoms. The average molecular weight is 410 g/mol. The molecule has 2 aromatic carbocycles. The van der Waals surface area contributed by atoms with Gasteiger partial charge in [0.25, 0.3) is 0 Å². The number of anilines is 2. The summed E-state index contributed by atoms with van der Waals surface area (Å²) in [6, 6.07) is 14.7. The molecule has 8 heteroatoms. The van der Waals surface area contributed by atoms with Gasteiger partial charge in [-0.1, -0.05) is 18.2 Å². The van der Waals surface area contributed by atoms with Crippen LogP contribution in [-0.4, -0.2) is 49.3 Å². The molecule has 0 saturated carbocycles. The first-order valence-electron chi connectivity index (χ1n) is 10.2. The SMILES string of the molecule is O=C(CCN1CCC(NC(=O)Nc2ccccc2)CC1)Nc1ccc2c(c1)OCO2. The third-order valence-corrected chi connectivity index (χ3v) is 5.27. The summed E-state index contributed by atoms with van der Waals surface area (Å²) in [6.07, 6.45) is 2.15. The normalized spacial score (nSPS) is 16.1. The number of amides is 3. The van der Waals surface area contributed by atoms with Crippen molar-refractivity contribution in [3.63, 3.8) is 0 Å². The standard InChI is InChI=1S/C22H26N4O4/c27-21(23-18-6-7-19-20(14-18)30-15-29-19)10-13-26-11-8-17(9-12-26)25-22(28)24-16-4-2-1-3-5-16/h1-7,14,17H,8-13,15H2,(H,23,27)(H2,24,25,28). The van der Waals surface area contributed by atoms with Crippen LogP contribution in [0.5, 0.6) is 11.5 Å². The molecule has 8 nitrogen and oxygen atoms in total. The van der Waals surface area contributed by atoms with Gasteiger partial charge in [0, 0.05) is 49.5 Å². The van der Waals surface area contributed by atoms with Crippen molar-refractivity contribution >= 4 is 23.3 Å². The number of rotatable bonds is 6. The van der Waals surface area contributed by atoms with Gasteiger partial charge in [-0.2, -0.15) is 0 Å². The summed E-state index contributed by atoms with van der Waals surface area (Å²) in [4.78, 5) is 26.6. The van der Waals surface area contributed by atoms with Gasteiger partial charge in [-0.25, -0.2) is 4.79 Å². The fourth-order valence-electron chi connectivity index (χ4n) is 3.63. The topological polar surface area (TPSA) is 91.9 Å². The molecular formula is C22H26N4O4. The van der Waals surface area contributed by atoms with Crippen molar-refractivity contribution in [3.8, 4) is 11.5 Å². The first-order chi connectivity index (χ1) is 14.7. The molecule has 3 amide bonds. The smallest absolute Gasteiger partial charge is 0.319 e. The summed E-state index contributed by atoms with van der Waals surface area (Å²) >= 11 is 0. The van der Waals surface area contributed by atoms with Crippen LogP contribution in [0.4, 0.5) is 16.2 Å². The van der Waals surface area contributed by atoms with Crippen molar-refractivity contribution in [3.05, 3.63) is 48.5 Å². The van der Waals surface area contributed by atoms with Gasteiger partial charge in [0.15, 0.2) is 11.5 Å². The van der Waals surface area contributed by atoms with Gasteiger partial charge in [-0.15, -0.1) is 0 Å². The van der Waals surface area contributed by atoms with E-state index in [1.165, 1.54) is 0 Å². The Bertz CT molecular complexity index is 882. The van der Waals surface area contributed by atoms with Gasteiger partial charge >= 0.3 is 6.03 Å². The second-order valence-electron chi connectivity index (χ2n) is 7.45. The fourth-order valence-corrected chi connectivity index (χ4v) is 3.63. The van der Waals surface area contributed by atoms with Crippen LogP contribution >= 0.6 is 0 Å². The maximum absolute atomic E-state index is 12.3. The second kappa shape index (κ2) is 9.49. The highest BCUT2D eigenvalue weighted by Gasteiger charge is 2.21. The Balaban J connectivity index is 1.14. The van der Waals surface area contributed by atoms with E-state index in [9.17, 15) is 9.59 Å². The number of nitrogens with zero attached hydrogens (tertiary/aromatic N) is 1. The Morgan fingerprint density at radius 2 is 1.70 bits per heavy atom. The minimum atomic E-state index is -0.178. The lowest BCUT2D eigenvalue weighted by Crippen LogP contribution is -2.46. The van der Waals surface area contributed by atoms with Gasteiger partial charge in [0.2, 0.25) is 12.7 Å². The molecule has 0 radical (unpaired) electrons. The molecule has 0 aliphatic carbocycles. The Morgan fingerprint density at radius 3 is 2.50 bits per heavy atom. The van der Waals surface area contributed by atoms with Crippen molar-refractivity contribution in [2.75, 3.05) is 37.1 Å². The number of carbonyl (C=O) groups is 2. The average Bonchev–Trinajstić information content (AvgIpc) is 3.22. The molecule has 158 valence electrons. The number of ether oxygens (including phenoxy) is 2. The van der Waals surface area contributed by atoms with E-state index in [0.717, 1.165) is 31.6 Å². The fraction of sp³-hybridized carbons (Fsp3) is 0.364. The van der Waals surface area contributed by atoms with Crippen LogP contribution in [0.3, 0.4) is 0 Å². The third-order valence-electron chi connectivity index (χ3n) is 5.27. The highest BCUT2D eigenvalue weighted by atomic mass is 16.7. The van der Waals surface area contributed by atoms with E-state index < -0.39 is 0 Å². The summed E-state index contributed by atoms with van der Waals surface area (Å²) in [5.74, 6) is 1.32. The molecule has 2 aliphatic heterocycles. The maximum Gasteiger partial charge on any atom is 0.319 e. The van der Waals surface area contributed by atoms with Gasteiger partial charge in [-0.3, -0.25) is 4.79 Å². The van der Waals surface area contributed by atoms with Gasteiger partial charge in [0.1, 0.15) is 0 Å². The van der Waals surface area contributed by atoms with Crippen molar-refractivity contribution in [2.24, 2.45) is 0 Å². The van der Waals surface area contributed by atoms with Crippen LogP contribution in [0.15, 0.2) is 48.5 Å². The molecule has 0 unspecified atom stereocenters. The molecule has 3 N–H and O–H groups in total. The summed E-state index contributed by atoms with van der Waals surface area (Å²) in [5, 5.41) is 8.78. The highest BCUT2D eigenvalue weighted by molar-refractivity contribution is 5.91. The third kappa shape index (κ3) is 5.42. The number of likely N-dealkylation sites (tertiary alicyclic amines) is 1. The monoisotopic (exact) mass is 410 g/mol. The number of hydrogen-bond donors (Lipinski definition) is 3. The molecule has 0 bridgehead atoms. The van der Waals surface area contributed by atoms with Crippen LogP contribution in [0.25, 0.3) is 0 Å². The Hall–Kier alpha value is -3.26. The lowest BCUT2D eigenvalue weighted by Gasteiger charge is -2.32. The Labute approximate surface area is 175 Å². The summed E-state index contributed by atoms with van der Waals surface area (Å²) in [6.45, 7) is 2.62. The van der Waals surface area contributed by atoms with E-state index >= 15 is 0 Å². The van der Waals surface area contributed by atoms with Crippen molar-refractivity contribution < 1.29 is 19.1 Å². The van der Waals surface area contributed by atoms with Crippen molar-refractivity contribution in [2.45, 2.75) is 25.3 Å². The van der Waals surface area contributed by atoms with Crippen LogP contribution in [0, 0.1) is 0 Å². The number of fused-ring (bicyclic) bond motifs is 1. The molecule has 0 atom stereocenters. The predicted octanol–water partition coefficient (Wildman–Crippen LogP) is 3.03. The number of hydrogen-bond acceptors (Lipinski definition) is 5. The van der Waals surface area contributed by atoms with Crippen LogP contribution in [0.1, 0.15) is 19.3 Å². The Kier molecular flexibility index (Phi) is 6.34. The quantitative estimate of drug-likeness (QED) is 0.681. The summed E-state index contributed by atoms with van der Waals surface area (Å²) in [5.41, 5.74) is 1.48. The van der Waals surface area contributed by atoms with Gasteiger partial charge in [-0.05, 0) is 37.1 Å². The Morgan fingerprint density at radius 1 is 0.933 bits per heavy atom. The number of carbonyl (C=O) groups excluding carboxylic acids is 2. The first kappa shape index (κ1) is 20.0. The summed E-state index contributed by atoms with van der Waals surface area (Å²) in [7, 11) is 0. The minimum absolute atomic E-state index is 0.0312. The zero-order valence-corrected chi connectivity index (χ0v) is 16.7. The number of para-hydroxylation sites is 1. The molecule has 2 heterocycles. The zero-order chi connectivity index (χ0) is 20.8. The van der Waals surface area contributed by atoms with Crippen LogP contribution in [0.2, 0.25) is 0 Å². The van der Waals surface area contributed by atoms with Gasteiger partial charge in [0.05, 0.1) is 0 Å². The van der Waals surface area contributed by atoms with Gasteiger partial charge < -0.3 is 30.3 Å². The highest BCUT2D eigenvalue weighted by Crippen LogP contribution is 2.34. The predicted molar refractivity (Wildman–Crippen MR) is 114 cm³/mol. The molecular weight excluding hydrogens is 384 g/mol. The number of piperidine rings is 1. The van der Waals surface area contributed by atoms with E-state index in [4.69, 9.17) is 9.47 Å². The van der Waals surface area contributed by atoms with E-state index in [-0.39, 0.29) is 24.8 Å². The molecule has 1 fully saturated rings. The van der Waals surface area contributed by atoms with Crippen molar-refractivity contribution in [1.82, 2.24) is 10.2 Å². The lowest BCUT2D eigenvalue weighted by atomic mass is 10.1. The molecule has 0 spiro atoms. The zero-order valence-electron chi connectivity index (χ0n) is 16.7. The van der Waals surface area contributed by atoms with Crippen LogP contribution in [-0.2, 0) is 4.79 Å². The maximum atomic E-state index is 12.3. The van der Waals surface area contributed by atoms with E-state index in [1.807, 2.05) is 36.4 Å². The largest absolute Gasteiger partial charge is 0.454 e. The number of benzene rings is 2. The first-order valence-corrected chi connectivity index (χ1v) is 10.2. The van der Waals surface area contributed by atoms with Crippen molar-refractivity contribution in [1.29, 1.82) is 0 Å².